The lowest BCUT2D eigenvalue weighted by Gasteiger charge is -2.31. The summed E-state index contributed by atoms with van der Waals surface area (Å²) in [7, 11) is 1.71. The smallest absolute Gasteiger partial charge is 0.124 e. The van der Waals surface area contributed by atoms with E-state index in [4.69, 9.17) is 4.74 Å². The molecule has 0 aromatic heterocycles. The molecule has 1 unspecified atom stereocenters. The molecule has 1 atom stereocenters. The summed E-state index contributed by atoms with van der Waals surface area (Å²) in [5, 5.41) is 3.43. The van der Waals surface area contributed by atoms with Crippen molar-refractivity contribution in [2.75, 3.05) is 26.8 Å². The highest BCUT2D eigenvalue weighted by atomic mass is 79.9. The van der Waals surface area contributed by atoms with E-state index in [1.54, 1.807) is 7.11 Å². The lowest BCUT2D eigenvalue weighted by atomic mass is 9.77. The fourth-order valence-electron chi connectivity index (χ4n) is 2.09. The summed E-state index contributed by atoms with van der Waals surface area (Å²) in [6, 6.07) is 4.93. The fourth-order valence-corrected chi connectivity index (χ4v) is 2.60. The van der Waals surface area contributed by atoms with Gasteiger partial charge in [0.1, 0.15) is 5.82 Å². The largest absolute Gasteiger partial charge is 0.383 e. The first-order valence-electron chi connectivity index (χ1n) is 6.98. The van der Waals surface area contributed by atoms with Crippen LogP contribution in [0.5, 0.6) is 0 Å². The van der Waals surface area contributed by atoms with Gasteiger partial charge >= 0.3 is 0 Å². The van der Waals surface area contributed by atoms with E-state index in [0.717, 1.165) is 36.2 Å². The molecule has 1 rings (SSSR count). The van der Waals surface area contributed by atoms with Gasteiger partial charge in [-0.3, -0.25) is 0 Å². The Hall–Kier alpha value is -0.450. The van der Waals surface area contributed by atoms with Crippen molar-refractivity contribution in [1.82, 2.24) is 5.32 Å². The second-order valence-electron chi connectivity index (χ2n) is 6.20. The van der Waals surface area contributed by atoms with E-state index >= 15 is 0 Å². The topological polar surface area (TPSA) is 21.3 Å². The number of methoxy groups -OCH3 is 1. The number of hydrogen-bond acceptors (Lipinski definition) is 2. The Morgan fingerprint density at radius 1 is 1.35 bits per heavy atom. The zero-order valence-electron chi connectivity index (χ0n) is 12.8. The first-order valence-corrected chi connectivity index (χ1v) is 7.77. The van der Waals surface area contributed by atoms with Crippen molar-refractivity contribution in [2.24, 2.45) is 11.3 Å². The molecule has 2 nitrogen and oxygen atoms in total. The summed E-state index contributed by atoms with van der Waals surface area (Å²) in [6.45, 7) is 9.23. The Morgan fingerprint density at radius 2 is 2.05 bits per heavy atom. The van der Waals surface area contributed by atoms with E-state index in [1.165, 1.54) is 12.1 Å². The van der Waals surface area contributed by atoms with Crippen LogP contribution in [0.4, 0.5) is 4.39 Å². The van der Waals surface area contributed by atoms with Crippen LogP contribution in [0.25, 0.3) is 0 Å². The second kappa shape index (κ2) is 8.11. The molecule has 114 valence electrons. The number of hydrogen-bond donors (Lipinski definition) is 1. The van der Waals surface area contributed by atoms with Crippen LogP contribution < -0.4 is 5.32 Å². The van der Waals surface area contributed by atoms with Crippen LogP contribution in [0, 0.1) is 17.2 Å². The standard InChI is InChI=1S/C16H25BrFNO/c1-16(2,3)13(11-19-7-8-20-4)9-12-5-6-14(18)10-15(12)17/h5-6,10,13,19H,7-9,11H2,1-4H3. The molecule has 0 saturated carbocycles. The van der Waals surface area contributed by atoms with Crippen molar-refractivity contribution in [3.8, 4) is 0 Å². The average Bonchev–Trinajstić information content (AvgIpc) is 2.34. The Bertz CT molecular complexity index is 417. The van der Waals surface area contributed by atoms with Crippen molar-refractivity contribution in [2.45, 2.75) is 27.2 Å². The number of rotatable bonds is 7. The minimum absolute atomic E-state index is 0.188. The molecule has 0 heterocycles. The number of ether oxygens (including phenoxy) is 1. The van der Waals surface area contributed by atoms with Gasteiger partial charge in [-0.25, -0.2) is 4.39 Å². The molecule has 0 saturated heterocycles. The van der Waals surface area contributed by atoms with Crippen molar-refractivity contribution in [3.05, 3.63) is 34.1 Å². The molecule has 0 amide bonds. The highest BCUT2D eigenvalue weighted by Crippen LogP contribution is 2.31. The molecule has 0 spiro atoms. The van der Waals surface area contributed by atoms with Gasteiger partial charge in [-0.2, -0.15) is 0 Å². The van der Waals surface area contributed by atoms with Crippen LogP contribution in [-0.4, -0.2) is 26.8 Å². The molecule has 0 bridgehead atoms. The van der Waals surface area contributed by atoms with Gasteiger partial charge < -0.3 is 10.1 Å². The van der Waals surface area contributed by atoms with E-state index in [2.05, 4.69) is 42.0 Å². The Morgan fingerprint density at radius 3 is 2.60 bits per heavy atom. The van der Waals surface area contributed by atoms with Crippen LogP contribution in [0.15, 0.2) is 22.7 Å². The summed E-state index contributed by atoms with van der Waals surface area (Å²) < 4.78 is 19.0. The van der Waals surface area contributed by atoms with Gasteiger partial charge in [0.25, 0.3) is 0 Å². The Balaban J connectivity index is 2.69. The van der Waals surface area contributed by atoms with Crippen LogP contribution in [-0.2, 0) is 11.2 Å². The lowest BCUT2D eigenvalue weighted by molar-refractivity contribution is 0.186. The lowest BCUT2D eigenvalue weighted by Crippen LogP contribution is -2.34. The second-order valence-corrected chi connectivity index (χ2v) is 7.05. The molecule has 0 aliphatic heterocycles. The molecule has 1 aromatic rings. The summed E-state index contributed by atoms with van der Waals surface area (Å²) in [6.07, 6.45) is 0.921. The monoisotopic (exact) mass is 345 g/mol. The molecule has 1 N–H and O–H groups in total. The minimum atomic E-state index is -0.203. The van der Waals surface area contributed by atoms with Crippen molar-refractivity contribution in [1.29, 1.82) is 0 Å². The van der Waals surface area contributed by atoms with Gasteiger partial charge in [0, 0.05) is 18.1 Å². The molecule has 20 heavy (non-hydrogen) atoms. The van der Waals surface area contributed by atoms with E-state index < -0.39 is 0 Å². The molecule has 1 aromatic carbocycles. The average molecular weight is 346 g/mol. The molecular weight excluding hydrogens is 321 g/mol. The predicted molar refractivity (Wildman–Crippen MR) is 85.5 cm³/mol. The van der Waals surface area contributed by atoms with E-state index in [-0.39, 0.29) is 11.2 Å². The number of benzene rings is 1. The maximum Gasteiger partial charge on any atom is 0.124 e. The van der Waals surface area contributed by atoms with Crippen molar-refractivity contribution < 1.29 is 9.13 Å². The van der Waals surface area contributed by atoms with Gasteiger partial charge in [0.2, 0.25) is 0 Å². The highest BCUT2D eigenvalue weighted by Gasteiger charge is 2.25. The maximum atomic E-state index is 13.2. The van der Waals surface area contributed by atoms with Gasteiger partial charge in [0.15, 0.2) is 0 Å². The molecule has 0 aliphatic rings. The molecule has 4 heteroatoms. The number of nitrogens with one attached hydrogen (secondary N) is 1. The summed E-state index contributed by atoms with van der Waals surface area (Å²) in [5.41, 5.74) is 1.34. The quantitative estimate of drug-likeness (QED) is 0.753. The number of halogens is 2. The molecule has 0 fully saturated rings. The Labute approximate surface area is 130 Å². The SMILES string of the molecule is COCCNCC(Cc1ccc(F)cc1Br)C(C)(C)C. The van der Waals surface area contributed by atoms with E-state index in [1.807, 2.05) is 6.07 Å². The zero-order chi connectivity index (χ0) is 15.2. The maximum absolute atomic E-state index is 13.2. The molecule has 0 radical (unpaired) electrons. The van der Waals surface area contributed by atoms with Gasteiger partial charge in [-0.15, -0.1) is 0 Å². The summed E-state index contributed by atoms with van der Waals surface area (Å²) in [5.74, 6) is 0.271. The van der Waals surface area contributed by atoms with Crippen molar-refractivity contribution >= 4 is 15.9 Å². The Kier molecular flexibility index (Phi) is 7.13. The van der Waals surface area contributed by atoms with Crippen LogP contribution in [0.2, 0.25) is 0 Å². The van der Waals surface area contributed by atoms with Crippen molar-refractivity contribution in [3.63, 3.8) is 0 Å². The minimum Gasteiger partial charge on any atom is -0.383 e. The van der Waals surface area contributed by atoms with Crippen LogP contribution in [0.1, 0.15) is 26.3 Å². The third kappa shape index (κ3) is 5.90. The van der Waals surface area contributed by atoms with Crippen LogP contribution >= 0.6 is 15.9 Å². The normalized spacial score (nSPS) is 13.5. The molecular formula is C16H25BrFNO. The zero-order valence-corrected chi connectivity index (χ0v) is 14.4. The van der Waals surface area contributed by atoms with E-state index in [9.17, 15) is 4.39 Å². The predicted octanol–water partition coefficient (Wildman–Crippen LogP) is 4.03. The fraction of sp³-hybridized carbons (Fsp3) is 0.625. The van der Waals surface area contributed by atoms with E-state index in [0.29, 0.717) is 5.92 Å². The third-order valence-corrected chi connectivity index (χ3v) is 4.32. The van der Waals surface area contributed by atoms with Gasteiger partial charge in [-0.05, 0) is 42.0 Å². The third-order valence-electron chi connectivity index (χ3n) is 3.58. The highest BCUT2D eigenvalue weighted by molar-refractivity contribution is 9.10. The first kappa shape index (κ1) is 17.6. The van der Waals surface area contributed by atoms with Crippen LogP contribution in [0.3, 0.4) is 0 Å². The molecule has 0 aliphatic carbocycles. The summed E-state index contributed by atoms with van der Waals surface area (Å²) in [4.78, 5) is 0. The summed E-state index contributed by atoms with van der Waals surface area (Å²) >= 11 is 3.45. The van der Waals surface area contributed by atoms with Gasteiger partial charge in [0.05, 0.1) is 6.61 Å². The first-order chi connectivity index (χ1) is 9.34. The van der Waals surface area contributed by atoms with Gasteiger partial charge in [-0.1, -0.05) is 42.8 Å².